The molecular weight excluding hydrogens is 122 g/mol. The molecule has 1 fully saturated rings. The van der Waals surface area contributed by atoms with E-state index < -0.39 is 0 Å². The number of rotatable bonds is 2. The summed E-state index contributed by atoms with van der Waals surface area (Å²) in [5, 5.41) is 0. The lowest BCUT2D eigenvalue weighted by molar-refractivity contribution is 0.340. The highest BCUT2D eigenvalue weighted by Gasteiger charge is 2.18. The van der Waals surface area contributed by atoms with Gasteiger partial charge >= 0.3 is 0 Å². The Morgan fingerprint density at radius 1 is 1.50 bits per heavy atom. The van der Waals surface area contributed by atoms with E-state index in [9.17, 15) is 0 Å². The quantitative estimate of drug-likeness (QED) is 0.566. The summed E-state index contributed by atoms with van der Waals surface area (Å²) in [4.78, 5) is 2.54. The lowest BCUT2D eigenvalue weighted by Crippen LogP contribution is -2.23. The second-order valence-corrected chi connectivity index (χ2v) is 3.84. The highest BCUT2D eigenvalue weighted by atomic mass is 15.1. The zero-order valence-electron chi connectivity index (χ0n) is 7.35. The van der Waals surface area contributed by atoms with E-state index in [0.717, 1.165) is 5.92 Å². The average molecular weight is 140 g/mol. The number of hydrogen-bond acceptors (Lipinski definition) is 1. The van der Waals surface area contributed by atoms with Gasteiger partial charge in [0, 0.05) is 13.1 Å². The van der Waals surface area contributed by atoms with Crippen LogP contribution in [0.5, 0.6) is 0 Å². The fourth-order valence-electron chi connectivity index (χ4n) is 1.62. The predicted molar refractivity (Wildman–Crippen MR) is 44.8 cm³/mol. The molecule has 0 N–H and O–H groups in total. The summed E-state index contributed by atoms with van der Waals surface area (Å²) >= 11 is 0. The molecule has 0 aromatic carbocycles. The first-order valence-corrected chi connectivity index (χ1v) is 4.20. The molecule has 0 bridgehead atoms. The smallest absolute Gasteiger partial charge is 0.00384 e. The van der Waals surface area contributed by atoms with Gasteiger partial charge in [-0.15, -0.1) is 0 Å². The molecule has 1 atom stereocenters. The Bertz CT molecular complexity index is 98.9. The number of hydrogen-bond donors (Lipinski definition) is 0. The molecule has 10 heavy (non-hydrogen) atoms. The summed E-state index contributed by atoms with van der Waals surface area (Å²) in [7, 11) is 0. The van der Waals surface area contributed by atoms with Crippen LogP contribution in [0.2, 0.25) is 0 Å². The van der Waals surface area contributed by atoms with Gasteiger partial charge in [0.25, 0.3) is 0 Å². The molecule has 1 unspecified atom stereocenters. The Labute approximate surface area is 64.4 Å². The van der Waals surface area contributed by atoms with Gasteiger partial charge in [-0.3, -0.25) is 0 Å². The molecule has 1 heterocycles. The van der Waals surface area contributed by atoms with Crippen molar-refractivity contribution in [3.63, 3.8) is 0 Å². The van der Waals surface area contributed by atoms with Crippen LogP contribution >= 0.6 is 0 Å². The van der Waals surface area contributed by atoms with Crippen molar-refractivity contribution in [2.24, 2.45) is 5.92 Å². The van der Waals surface area contributed by atoms with Crippen LogP contribution in [0.1, 0.15) is 27.2 Å². The Kier molecular flexibility index (Phi) is 2.72. The molecule has 1 radical (unpaired) electrons. The first-order chi connectivity index (χ1) is 4.68. The fraction of sp³-hybridized carbons (Fsp3) is 0.889. The molecular formula is C9H18N. The Balaban J connectivity index is 2.18. The molecule has 0 amide bonds. The zero-order valence-corrected chi connectivity index (χ0v) is 7.35. The van der Waals surface area contributed by atoms with Gasteiger partial charge in [-0.25, -0.2) is 0 Å². The third kappa shape index (κ3) is 2.30. The highest BCUT2D eigenvalue weighted by Crippen LogP contribution is 2.16. The van der Waals surface area contributed by atoms with E-state index >= 15 is 0 Å². The fourth-order valence-corrected chi connectivity index (χ4v) is 1.62. The lowest BCUT2D eigenvalue weighted by atomic mass is 10.2. The van der Waals surface area contributed by atoms with E-state index in [1.54, 1.807) is 0 Å². The van der Waals surface area contributed by atoms with Crippen molar-refractivity contribution >= 4 is 0 Å². The second-order valence-electron chi connectivity index (χ2n) is 3.84. The van der Waals surface area contributed by atoms with Crippen LogP contribution in [0.3, 0.4) is 0 Å². The van der Waals surface area contributed by atoms with E-state index in [1.807, 2.05) is 0 Å². The van der Waals surface area contributed by atoms with Crippen LogP contribution in [-0.4, -0.2) is 24.5 Å². The first kappa shape index (κ1) is 8.06. The van der Waals surface area contributed by atoms with Crippen molar-refractivity contribution < 1.29 is 0 Å². The monoisotopic (exact) mass is 140 g/mol. The van der Waals surface area contributed by atoms with Crippen LogP contribution in [0.15, 0.2) is 0 Å². The molecule has 1 rings (SSSR count). The molecule has 0 aromatic rings. The summed E-state index contributed by atoms with van der Waals surface area (Å²) < 4.78 is 0. The maximum atomic E-state index is 2.54. The van der Waals surface area contributed by atoms with Gasteiger partial charge in [-0.1, -0.05) is 20.8 Å². The van der Waals surface area contributed by atoms with Gasteiger partial charge in [0.15, 0.2) is 0 Å². The zero-order chi connectivity index (χ0) is 7.56. The van der Waals surface area contributed by atoms with E-state index in [1.165, 1.54) is 32.0 Å². The summed E-state index contributed by atoms with van der Waals surface area (Å²) in [5.41, 5.74) is 0. The van der Waals surface area contributed by atoms with Crippen LogP contribution in [0.4, 0.5) is 0 Å². The minimum absolute atomic E-state index is 0.930. The molecule has 0 aromatic heterocycles. The first-order valence-electron chi connectivity index (χ1n) is 4.20. The molecule has 0 saturated carbocycles. The number of nitrogens with zero attached hydrogens (tertiary/aromatic N) is 1. The van der Waals surface area contributed by atoms with Crippen LogP contribution in [0, 0.1) is 11.8 Å². The third-order valence-corrected chi connectivity index (χ3v) is 2.05. The van der Waals surface area contributed by atoms with Gasteiger partial charge < -0.3 is 4.90 Å². The lowest BCUT2D eigenvalue weighted by Gasteiger charge is -2.16. The predicted octanol–water partition coefficient (Wildman–Crippen LogP) is 1.94. The molecule has 1 saturated heterocycles. The van der Waals surface area contributed by atoms with Crippen molar-refractivity contribution in [1.29, 1.82) is 0 Å². The Hall–Kier alpha value is -0.0400. The molecule has 1 aliphatic rings. The van der Waals surface area contributed by atoms with Crippen LogP contribution < -0.4 is 0 Å². The highest BCUT2D eigenvalue weighted by molar-refractivity contribution is 4.85. The topological polar surface area (TPSA) is 3.24 Å². The molecule has 59 valence electrons. The van der Waals surface area contributed by atoms with Gasteiger partial charge in [0.2, 0.25) is 0 Å². The Morgan fingerprint density at radius 2 is 2.20 bits per heavy atom. The Morgan fingerprint density at radius 3 is 2.60 bits per heavy atom. The van der Waals surface area contributed by atoms with Crippen molar-refractivity contribution in [1.82, 2.24) is 4.90 Å². The van der Waals surface area contributed by atoms with E-state index in [2.05, 4.69) is 25.7 Å². The van der Waals surface area contributed by atoms with E-state index in [4.69, 9.17) is 0 Å². The molecule has 0 aliphatic carbocycles. The summed E-state index contributed by atoms with van der Waals surface area (Å²) in [6.45, 7) is 10.6. The van der Waals surface area contributed by atoms with Crippen LogP contribution in [-0.2, 0) is 0 Å². The molecule has 1 aliphatic heterocycles. The average Bonchev–Trinajstić information content (AvgIpc) is 2.13. The minimum Gasteiger partial charge on any atom is -0.303 e. The molecule has 1 heteroatoms. The van der Waals surface area contributed by atoms with Crippen LogP contribution in [0.25, 0.3) is 0 Å². The second kappa shape index (κ2) is 3.38. The van der Waals surface area contributed by atoms with Crippen molar-refractivity contribution in [2.75, 3.05) is 19.6 Å². The third-order valence-electron chi connectivity index (χ3n) is 2.05. The number of likely N-dealkylation sites (tertiary alicyclic amines) is 1. The largest absolute Gasteiger partial charge is 0.303 e. The normalized spacial score (nSPS) is 28.2. The van der Waals surface area contributed by atoms with Crippen molar-refractivity contribution in [3.8, 4) is 0 Å². The maximum Gasteiger partial charge on any atom is 0.00384 e. The van der Waals surface area contributed by atoms with E-state index in [-0.39, 0.29) is 0 Å². The van der Waals surface area contributed by atoms with E-state index in [0.29, 0.717) is 0 Å². The summed E-state index contributed by atoms with van der Waals surface area (Å²) in [6, 6.07) is 0. The van der Waals surface area contributed by atoms with Gasteiger partial charge in [-0.05, 0) is 24.8 Å². The van der Waals surface area contributed by atoms with Gasteiger partial charge in [0.05, 0.1) is 0 Å². The summed E-state index contributed by atoms with van der Waals surface area (Å²) in [5.74, 6) is 2.47. The van der Waals surface area contributed by atoms with Crippen molar-refractivity contribution in [3.05, 3.63) is 5.92 Å². The molecule has 1 nitrogen and oxygen atoms in total. The summed E-state index contributed by atoms with van der Waals surface area (Å²) in [6.07, 6.45) is 1.40. The SMILES string of the molecule is C[C](C)CN1CCC(C)C1. The van der Waals surface area contributed by atoms with Gasteiger partial charge in [-0.2, -0.15) is 0 Å². The standard InChI is InChI=1S/C9H18N/c1-8(2)6-10-5-4-9(3)7-10/h9H,4-7H2,1-3H3. The molecule has 0 spiro atoms. The van der Waals surface area contributed by atoms with Gasteiger partial charge in [0.1, 0.15) is 0 Å². The van der Waals surface area contributed by atoms with Crippen molar-refractivity contribution in [2.45, 2.75) is 27.2 Å². The maximum absolute atomic E-state index is 2.54. The minimum atomic E-state index is 0.930.